The summed E-state index contributed by atoms with van der Waals surface area (Å²) in [5.74, 6) is -0.469. The summed E-state index contributed by atoms with van der Waals surface area (Å²) in [6.45, 7) is 0. The lowest BCUT2D eigenvalue weighted by molar-refractivity contribution is 0.102. The molecule has 23 heavy (non-hydrogen) atoms. The van der Waals surface area contributed by atoms with Crippen molar-refractivity contribution in [1.29, 1.82) is 0 Å². The van der Waals surface area contributed by atoms with Crippen LogP contribution in [0.3, 0.4) is 0 Å². The van der Waals surface area contributed by atoms with Crippen LogP contribution in [0.1, 0.15) is 10.4 Å². The molecule has 1 amide bonds. The predicted octanol–water partition coefficient (Wildman–Crippen LogP) is 0.212. The molecule has 0 unspecified atom stereocenters. The van der Waals surface area contributed by atoms with Gasteiger partial charge >= 0.3 is 5.69 Å². The van der Waals surface area contributed by atoms with Gasteiger partial charge in [0.2, 0.25) is 0 Å². The molecule has 3 aromatic rings. The molecular formula is C13H11IN6O3. The average Bonchev–Trinajstić information content (AvgIpc) is 3.02. The van der Waals surface area contributed by atoms with Gasteiger partial charge < -0.3 is 5.32 Å². The van der Waals surface area contributed by atoms with Gasteiger partial charge in [0.1, 0.15) is 20.4 Å². The van der Waals surface area contributed by atoms with Crippen molar-refractivity contribution < 1.29 is 4.79 Å². The van der Waals surface area contributed by atoms with E-state index in [0.717, 1.165) is 4.57 Å². The largest absolute Gasteiger partial charge is 0.331 e. The van der Waals surface area contributed by atoms with E-state index in [0.29, 0.717) is 20.3 Å². The highest BCUT2D eigenvalue weighted by atomic mass is 127. The van der Waals surface area contributed by atoms with Gasteiger partial charge in [-0.3, -0.25) is 18.7 Å². The number of carbonyl (C=O) groups is 1. The molecule has 0 saturated carbocycles. The summed E-state index contributed by atoms with van der Waals surface area (Å²) in [5.41, 5.74) is 0.545. The first-order valence-corrected chi connectivity index (χ1v) is 7.55. The van der Waals surface area contributed by atoms with Crippen LogP contribution in [0.2, 0.25) is 0 Å². The molecule has 118 valence electrons. The number of nitrogens with one attached hydrogen (secondary N) is 2. The molecule has 0 aliphatic rings. The van der Waals surface area contributed by atoms with E-state index < -0.39 is 17.2 Å². The van der Waals surface area contributed by atoms with Crippen LogP contribution < -0.4 is 16.6 Å². The van der Waals surface area contributed by atoms with Gasteiger partial charge in [-0.1, -0.05) is 0 Å². The van der Waals surface area contributed by atoms with Crippen molar-refractivity contribution in [2.75, 3.05) is 5.32 Å². The molecule has 0 radical (unpaired) electrons. The van der Waals surface area contributed by atoms with Crippen molar-refractivity contribution in [2.45, 2.75) is 0 Å². The normalized spacial score (nSPS) is 10.9. The number of amides is 1. The van der Waals surface area contributed by atoms with E-state index in [1.54, 1.807) is 18.2 Å². The Morgan fingerprint density at radius 2 is 1.87 bits per heavy atom. The SMILES string of the molecule is Cn1c(I)c(NC(=O)c2ccc3n[nH]nc3c2)c(=O)n(C)c1=O. The fourth-order valence-corrected chi connectivity index (χ4v) is 2.66. The van der Waals surface area contributed by atoms with Crippen LogP contribution in [-0.4, -0.2) is 30.5 Å². The quantitative estimate of drug-likeness (QED) is 0.449. The molecule has 1 aromatic carbocycles. The first kappa shape index (κ1) is 15.4. The lowest BCUT2D eigenvalue weighted by Crippen LogP contribution is -2.40. The van der Waals surface area contributed by atoms with Gasteiger partial charge in [-0.25, -0.2) is 4.79 Å². The molecule has 0 spiro atoms. The maximum atomic E-state index is 12.4. The predicted molar refractivity (Wildman–Crippen MR) is 91.5 cm³/mol. The summed E-state index contributed by atoms with van der Waals surface area (Å²) in [7, 11) is 2.89. The van der Waals surface area contributed by atoms with Crippen LogP contribution >= 0.6 is 22.6 Å². The summed E-state index contributed by atoms with van der Waals surface area (Å²) >= 11 is 1.85. The molecule has 0 aliphatic carbocycles. The second kappa shape index (κ2) is 5.61. The first-order valence-electron chi connectivity index (χ1n) is 6.47. The zero-order chi connectivity index (χ0) is 16.7. The van der Waals surface area contributed by atoms with E-state index in [9.17, 15) is 14.4 Å². The summed E-state index contributed by atoms with van der Waals surface area (Å²) < 4.78 is 2.59. The van der Waals surface area contributed by atoms with Gasteiger partial charge in [0.25, 0.3) is 11.5 Å². The first-order chi connectivity index (χ1) is 10.9. The summed E-state index contributed by atoms with van der Waals surface area (Å²) in [5, 5.41) is 12.9. The number of H-pyrrole nitrogens is 1. The highest BCUT2D eigenvalue weighted by Crippen LogP contribution is 2.14. The monoisotopic (exact) mass is 426 g/mol. The number of hydrogen-bond acceptors (Lipinski definition) is 5. The third-order valence-electron chi connectivity index (χ3n) is 3.41. The molecule has 3 rings (SSSR count). The highest BCUT2D eigenvalue weighted by Gasteiger charge is 2.17. The van der Waals surface area contributed by atoms with Gasteiger partial charge in [-0.15, -0.1) is 0 Å². The minimum Gasteiger partial charge on any atom is -0.315 e. The third-order valence-corrected chi connectivity index (χ3v) is 4.67. The number of halogens is 1. The third kappa shape index (κ3) is 2.54. The zero-order valence-corrected chi connectivity index (χ0v) is 14.3. The van der Waals surface area contributed by atoms with E-state index in [-0.39, 0.29) is 5.69 Å². The van der Waals surface area contributed by atoms with Crippen molar-refractivity contribution in [1.82, 2.24) is 24.5 Å². The van der Waals surface area contributed by atoms with Gasteiger partial charge in [0.05, 0.1) is 0 Å². The molecule has 2 heterocycles. The highest BCUT2D eigenvalue weighted by molar-refractivity contribution is 14.1. The summed E-state index contributed by atoms with van der Waals surface area (Å²) in [4.78, 5) is 36.4. The summed E-state index contributed by atoms with van der Waals surface area (Å²) in [6.07, 6.45) is 0. The minimum atomic E-state index is -0.562. The van der Waals surface area contributed by atoms with Crippen LogP contribution in [-0.2, 0) is 14.1 Å². The molecule has 0 saturated heterocycles. The van der Waals surface area contributed by atoms with E-state index >= 15 is 0 Å². The van der Waals surface area contributed by atoms with Crippen LogP contribution in [0.4, 0.5) is 5.69 Å². The standard InChI is InChI=1S/C13H11IN6O3/c1-19-10(14)9(12(22)20(2)13(19)23)15-11(21)6-3-4-7-8(5-6)17-18-16-7/h3-5H,1-2H3,(H,15,21)(H,16,17,18). The molecule has 0 fully saturated rings. The number of nitrogens with zero attached hydrogens (tertiary/aromatic N) is 4. The molecule has 0 bridgehead atoms. The van der Waals surface area contributed by atoms with Crippen molar-refractivity contribution in [2.24, 2.45) is 14.1 Å². The molecule has 10 heteroatoms. The van der Waals surface area contributed by atoms with Gasteiger partial charge in [-0.05, 0) is 40.8 Å². The molecular weight excluding hydrogens is 415 g/mol. The fourth-order valence-electron chi connectivity index (χ4n) is 2.09. The Morgan fingerprint density at radius 1 is 1.17 bits per heavy atom. The Bertz CT molecular complexity index is 1050. The van der Waals surface area contributed by atoms with Crippen molar-refractivity contribution in [3.63, 3.8) is 0 Å². The maximum Gasteiger partial charge on any atom is 0.331 e. The molecule has 0 aliphatic heterocycles. The molecule has 0 atom stereocenters. The van der Waals surface area contributed by atoms with Crippen molar-refractivity contribution >= 4 is 45.2 Å². The van der Waals surface area contributed by atoms with E-state index in [4.69, 9.17) is 0 Å². The van der Waals surface area contributed by atoms with Crippen LogP contribution in [0.25, 0.3) is 11.0 Å². The van der Waals surface area contributed by atoms with E-state index in [1.807, 2.05) is 22.6 Å². The molecule has 9 nitrogen and oxygen atoms in total. The van der Waals surface area contributed by atoms with E-state index in [1.165, 1.54) is 18.7 Å². The maximum absolute atomic E-state index is 12.4. The Hall–Kier alpha value is -2.50. The van der Waals surface area contributed by atoms with Crippen LogP contribution in [0.5, 0.6) is 0 Å². The van der Waals surface area contributed by atoms with Gasteiger partial charge in [0.15, 0.2) is 0 Å². The van der Waals surface area contributed by atoms with E-state index in [2.05, 4.69) is 20.7 Å². The van der Waals surface area contributed by atoms with Gasteiger partial charge in [-0.2, -0.15) is 15.4 Å². The van der Waals surface area contributed by atoms with Crippen LogP contribution in [0.15, 0.2) is 27.8 Å². The number of anilines is 1. The average molecular weight is 426 g/mol. The zero-order valence-electron chi connectivity index (χ0n) is 12.1. The number of rotatable bonds is 2. The van der Waals surface area contributed by atoms with Gasteiger partial charge in [0, 0.05) is 19.7 Å². The Labute approximate surface area is 142 Å². The fraction of sp³-hybridized carbons (Fsp3) is 0.154. The van der Waals surface area contributed by atoms with Crippen LogP contribution in [0, 0.1) is 3.70 Å². The lowest BCUT2D eigenvalue weighted by atomic mass is 10.2. The second-order valence-corrected chi connectivity index (χ2v) is 5.87. The number of aromatic nitrogens is 5. The lowest BCUT2D eigenvalue weighted by Gasteiger charge is -2.11. The number of benzene rings is 1. The molecule has 2 aromatic heterocycles. The molecule has 2 N–H and O–H groups in total. The van der Waals surface area contributed by atoms with Crippen molar-refractivity contribution in [3.8, 4) is 0 Å². The van der Waals surface area contributed by atoms with Crippen molar-refractivity contribution in [3.05, 3.63) is 48.3 Å². The minimum absolute atomic E-state index is 0.0560. The number of fused-ring (bicyclic) bond motifs is 1. The smallest absolute Gasteiger partial charge is 0.315 e. The summed E-state index contributed by atoms with van der Waals surface area (Å²) in [6, 6.07) is 4.80. The second-order valence-electron chi connectivity index (χ2n) is 4.85. The Kier molecular flexibility index (Phi) is 3.75. The topological polar surface area (TPSA) is 115 Å². The number of carbonyl (C=O) groups excluding carboxylic acids is 1. The Balaban J connectivity index is 2.03. The Morgan fingerprint density at radius 3 is 2.61 bits per heavy atom. The number of aromatic amines is 1. The number of hydrogen-bond donors (Lipinski definition) is 2.